The summed E-state index contributed by atoms with van der Waals surface area (Å²) in [7, 11) is 0. The Kier molecular flexibility index (Phi) is 5.38. The van der Waals surface area contributed by atoms with Crippen molar-refractivity contribution in [3.8, 4) is 0 Å². The second-order valence-electron chi connectivity index (χ2n) is 3.74. The molecule has 4 nitrogen and oxygen atoms in total. The van der Waals surface area contributed by atoms with Crippen molar-refractivity contribution in [3.63, 3.8) is 0 Å². The highest BCUT2D eigenvalue weighted by Crippen LogP contribution is 2.14. The van der Waals surface area contributed by atoms with E-state index in [2.05, 4.69) is 18.9 Å². The van der Waals surface area contributed by atoms with Gasteiger partial charge in [-0.15, -0.1) is 0 Å². The van der Waals surface area contributed by atoms with E-state index < -0.39 is 5.97 Å². The minimum Gasteiger partial charge on any atom is -0.481 e. The van der Waals surface area contributed by atoms with Crippen LogP contribution in [-0.4, -0.2) is 26.6 Å². The lowest BCUT2D eigenvalue weighted by atomic mass is 10.3. The number of aliphatic carboxylic acids is 1. The van der Waals surface area contributed by atoms with Crippen LogP contribution in [0, 0.1) is 0 Å². The summed E-state index contributed by atoms with van der Waals surface area (Å²) in [6.07, 6.45) is 3.27. The number of carbonyl (C=O) groups is 1. The molecule has 16 heavy (non-hydrogen) atoms. The quantitative estimate of drug-likeness (QED) is 0.747. The maximum atomic E-state index is 10.3. The Hall–Kier alpha value is -0.970. The van der Waals surface area contributed by atoms with Gasteiger partial charge in [-0.05, 0) is 19.4 Å². The van der Waals surface area contributed by atoms with Crippen LogP contribution in [0.3, 0.4) is 0 Å². The van der Waals surface area contributed by atoms with Gasteiger partial charge < -0.3 is 5.11 Å². The molecule has 0 aliphatic carbocycles. The molecule has 0 fully saturated rings. The highest BCUT2D eigenvalue weighted by Gasteiger charge is 2.04. The number of carboxylic acids is 1. The average Bonchev–Trinajstić information content (AvgIpc) is 2.71. The van der Waals surface area contributed by atoms with Gasteiger partial charge in [-0.25, -0.2) is 0 Å². The zero-order chi connectivity index (χ0) is 12.0. The Labute approximate surface area is 100 Å². The lowest BCUT2D eigenvalue weighted by Crippen LogP contribution is -2.04. The molecule has 1 N–H and O–H groups in total. The molecule has 0 amide bonds. The molecule has 1 aromatic heterocycles. The molecule has 5 heteroatoms. The van der Waals surface area contributed by atoms with E-state index in [1.165, 1.54) is 0 Å². The average molecular weight is 242 g/mol. The van der Waals surface area contributed by atoms with Crippen molar-refractivity contribution < 1.29 is 9.90 Å². The summed E-state index contributed by atoms with van der Waals surface area (Å²) in [6, 6.07) is 2.43. The fourth-order valence-electron chi connectivity index (χ4n) is 1.22. The Bertz CT molecular complexity index is 338. The molecule has 1 unspecified atom stereocenters. The maximum absolute atomic E-state index is 10.3. The molecule has 0 aliphatic rings. The number of carboxylic acid groups (broad SMARTS) is 1. The van der Waals surface area contributed by atoms with Crippen molar-refractivity contribution in [2.75, 3.05) is 5.75 Å². The van der Waals surface area contributed by atoms with E-state index in [-0.39, 0.29) is 6.42 Å². The van der Waals surface area contributed by atoms with E-state index in [4.69, 9.17) is 5.11 Å². The first kappa shape index (κ1) is 13.1. The number of rotatable bonds is 7. The maximum Gasteiger partial charge on any atom is 0.304 e. The highest BCUT2D eigenvalue weighted by molar-refractivity contribution is 7.98. The minimum absolute atomic E-state index is 0.219. The largest absolute Gasteiger partial charge is 0.481 e. The van der Waals surface area contributed by atoms with Gasteiger partial charge in [0.2, 0.25) is 0 Å². The summed E-state index contributed by atoms with van der Waals surface area (Å²) in [5, 5.41) is 12.9. The van der Waals surface area contributed by atoms with Crippen LogP contribution in [0.5, 0.6) is 0 Å². The standard InChI is InChI=1S/C11H18N2O2S/c1-3-9(2)13-6-4-10(12-13)8-16-7-5-11(14)15/h4,6,9H,3,5,7-8H2,1-2H3,(H,14,15). The third-order valence-corrected chi connectivity index (χ3v) is 3.41. The van der Waals surface area contributed by atoms with E-state index in [1.54, 1.807) is 11.8 Å². The molecule has 0 bridgehead atoms. The zero-order valence-corrected chi connectivity index (χ0v) is 10.5. The van der Waals surface area contributed by atoms with E-state index in [1.807, 2.05) is 16.9 Å². The van der Waals surface area contributed by atoms with Crippen LogP contribution in [0.25, 0.3) is 0 Å². The third kappa shape index (κ3) is 4.26. The normalized spacial score (nSPS) is 12.6. The van der Waals surface area contributed by atoms with Crippen molar-refractivity contribution in [1.29, 1.82) is 0 Å². The predicted molar refractivity (Wildman–Crippen MR) is 65.6 cm³/mol. The molecule has 0 aliphatic heterocycles. The molecule has 1 heterocycles. The zero-order valence-electron chi connectivity index (χ0n) is 9.72. The van der Waals surface area contributed by atoms with Gasteiger partial charge in [0.15, 0.2) is 0 Å². The molecule has 0 saturated heterocycles. The highest BCUT2D eigenvalue weighted by atomic mass is 32.2. The Morgan fingerprint density at radius 3 is 3.06 bits per heavy atom. The number of aromatic nitrogens is 2. The minimum atomic E-state index is -0.738. The van der Waals surface area contributed by atoms with E-state index in [0.717, 1.165) is 17.9 Å². The molecule has 1 aromatic rings. The van der Waals surface area contributed by atoms with Crippen molar-refractivity contribution >= 4 is 17.7 Å². The molecule has 1 atom stereocenters. The molecule has 0 spiro atoms. The van der Waals surface area contributed by atoms with Crippen LogP contribution in [0.2, 0.25) is 0 Å². The molecular formula is C11H18N2O2S. The van der Waals surface area contributed by atoms with Crippen LogP contribution in [0.15, 0.2) is 12.3 Å². The lowest BCUT2D eigenvalue weighted by Gasteiger charge is -2.07. The first-order valence-corrected chi connectivity index (χ1v) is 6.62. The van der Waals surface area contributed by atoms with Gasteiger partial charge in [-0.3, -0.25) is 9.48 Å². The number of thioether (sulfide) groups is 1. The fraction of sp³-hybridized carbons (Fsp3) is 0.636. The molecule has 0 radical (unpaired) electrons. The van der Waals surface area contributed by atoms with Crippen LogP contribution in [0.4, 0.5) is 0 Å². The summed E-state index contributed by atoms with van der Waals surface area (Å²) < 4.78 is 1.97. The summed E-state index contributed by atoms with van der Waals surface area (Å²) in [6.45, 7) is 4.27. The van der Waals surface area contributed by atoms with Crippen molar-refractivity contribution in [2.24, 2.45) is 0 Å². The van der Waals surface area contributed by atoms with Gasteiger partial charge >= 0.3 is 5.97 Å². The molecule has 1 rings (SSSR count). The van der Waals surface area contributed by atoms with Crippen LogP contribution < -0.4 is 0 Å². The number of hydrogen-bond donors (Lipinski definition) is 1. The third-order valence-electron chi connectivity index (χ3n) is 2.42. The first-order chi connectivity index (χ1) is 7.63. The van der Waals surface area contributed by atoms with Crippen molar-refractivity contribution in [3.05, 3.63) is 18.0 Å². The van der Waals surface area contributed by atoms with E-state index in [9.17, 15) is 4.79 Å². The second-order valence-corrected chi connectivity index (χ2v) is 4.85. The molecule has 0 aromatic carbocycles. The summed E-state index contributed by atoms with van der Waals surface area (Å²) in [5.74, 6) is 0.694. The summed E-state index contributed by atoms with van der Waals surface area (Å²) in [4.78, 5) is 10.3. The van der Waals surface area contributed by atoms with Crippen LogP contribution in [-0.2, 0) is 10.5 Å². The smallest absolute Gasteiger partial charge is 0.304 e. The van der Waals surface area contributed by atoms with Gasteiger partial charge in [0.1, 0.15) is 0 Å². The molecular weight excluding hydrogens is 224 g/mol. The molecule has 90 valence electrons. The van der Waals surface area contributed by atoms with Gasteiger partial charge in [0.25, 0.3) is 0 Å². The molecule has 0 saturated carbocycles. The lowest BCUT2D eigenvalue weighted by molar-refractivity contribution is -0.136. The number of hydrogen-bond acceptors (Lipinski definition) is 3. The second kappa shape index (κ2) is 6.58. The van der Waals surface area contributed by atoms with E-state index in [0.29, 0.717) is 11.8 Å². The Balaban J connectivity index is 2.32. The van der Waals surface area contributed by atoms with Crippen molar-refractivity contribution in [2.45, 2.75) is 38.5 Å². The first-order valence-electron chi connectivity index (χ1n) is 5.47. The van der Waals surface area contributed by atoms with Gasteiger partial charge in [-0.2, -0.15) is 16.9 Å². The SMILES string of the molecule is CCC(C)n1ccc(CSCCC(=O)O)n1. The Morgan fingerprint density at radius 1 is 1.69 bits per heavy atom. The monoisotopic (exact) mass is 242 g/mol. The summed E-state index contributed by atoms with van der Waals surface area (Å²) in [5.41, 5.74) is 1.02. The van der Waals surface area contributed by atoms with Gasteiger partial charge in [-0.1, -0.05) is 6.92 Å². The summed E-state index contributed by atoms with van der Waals surface area (Å²) >= 11 is 1.61. The predicted octanol–water partition coefficient (Wildman–Crippen LogP) is 2.56. The fourth-order valence-corrected chi connectivity index (χ4v) is 2.05. The van der Waals surface area contributed by atoms with Gasteiger partial charge in [0.05, 0.1) is 12.1 Å². The topological polar surface area (TPSA) is 55.1 Å². The van der Waals surface area contributed by atoms with Gasteiger partial charge in [0, 0.05) is 23.7 Å². The van der Waals surface area contributed by atoms with E-state index >= 15 is 0 Å². The van der Waals surface area contributed by atoms with Crippen molar-refractivity contribution in [1.82, 2.24) is 9.78 Å². The van der Waals surface area contributed by atoms with Crippen LogP contribution in [0.1, 0.15) is 38.4 Å². The van der Waals surface area contributed by atoms with Crippen LogP contribution >= 0.6 is 11.8 Å². The number of nitrogens with zero attached hydrogens (tertiary/aromatic N) is 2. The Morgan fingerprint density at radius 2 is 2.44 bits per heavy atom.